The minimum atomic E-state index is -3.64. The predicted molar refractivity (Wildman–Crippen MR) is 131 cm³/mol. The summed E-state index contributed by atoms with van der Waals surface area (Å²) in [5, 5.41) is 2.90. The summed E-state index contributed by atoms with van der Waals surface area (Å²) in [7, 11) is -3.64. The second kappa shape index (κ2) is 10.6. The maximum Gasteiger partial charge on any atom is 0.243 e. The Morgan fingerprint density at radius 2 is 1.76 bits per heavy atom. The number of hydrogen-bond acceptors (Lipinski definition) is 5. The summed E-state index contributed by atoms with van der Waals surface area (Å²) in [6.07, 6.45) is 0.332. The smallest absolute Gasteiger partial charge is 0.243 e. The number of rotatable bonds is 9. The fourth-order valence-electron chi connectivity index (χ4n) is 4.16. The van der Waals surface area contributed by atoms with Crippen LogP contribution in [0.1, 0.15) is 45.7 Å². The molecule has 0 aromatic heterocycles. The van der Waals surface area contributed by atoms with E-state index in [2.05, 4.69) is 5.32 Å². The Morgan fingerprint density at radius 1 is 1.12 bits per heavy atom. The van der Waals surface area contributed by atoms with Gasteiger partial charge in [-0.2, -0.15) is 4.31 Å². The molecule has 34 heavy (non-hydrogen) atoms. The second-order valence-electron chi connectivity index (χ2n) is 8.52. The third kappa shape index (κ3) is 5.42. The van der Waals surface area contributed by atoms with Gasteiger partial charge >= 0.3 is 0 Å². The first-order chi connectivity index (χ1) is 16.1. The molecule has 1 aliphatic rings. The number of benzene rings is 2. The Labute approximate surface area is 201 Å². The van der Waals surface area contributed by atoms with Crippen molar-refractivity contribution in [3.8, 4) is 5.75 Å². The SMILES string of the molecule is CCN(CC)S(=O)(=O)c1ccc2c(c1)CC(C(=O)NCc1ccc(OC(C)C)cc1)N2C(C)=O. The maximum absolute atomic E-state index is 13.0. The molecule has 2 aromatic carbocycles. The van der Waals surface area contributed by atoms with Crippen LogP contribution < -0.4 is 15.0 Å². The van der Waals surface area contributed by atoms with E-state index < -0.39 is 16.1 Å². The number of nitrogens with zero attached hydrogens (tertiary/aromatic N) is 2. The highest BCUT2D eigenvalue weighted by molar-refractivity contribution is 7.89. The van der Waals surface area contributed by atoms with Crippen LogP contribution in [0.15, 0.2) is 47.4 Å². The number of hydrogen-bond donors (Lipinski definition) is 1. The van der Waals surface area contributed by atoms with Crippen LogP contribution >= 0.6 is 0 Å². The van der Waals surface area contributed by atoms with Crippen molar-refractivity contribution in [2.75, 3.05) is 18.0 Å². The minimum absolute atomic E-state index is 0.0784. The zero-order valence-corrected chi connectivity index (χ0v) is 21.2. The van der Waals surface area contributed by atoms with Crippen LogP contribution in [0.3, 0.4) is 0 Å². The van der Waals surface area contributed by atoms with Crippen molar-refractivity contribution in [3.05, 3.63) is 53.6 Å². The molecule has 1 heterocycles. The molecule has 184 valence electrons. The monoisotopic (exact) mass is 487 g/mol. The Hall–Kier alpha value is -2.91. The minimum Gasteiger partial charge on any atom is -0.491 e. The zero-order chi connectivity index (χ0) is 25.0. The van der Waals surface area contributed by atoms with Gasteiger partial charge in [0.15, 0.2) is 0 Å². The van der Waals surface area contributed by atoms with E-state index in [-0.39, 0.29) is 29.2 Å². The second-order valence-corrected chi connectivity index (χ2v) is 10.5. The Bertz CT molecular complexity index is 1140. The van der Waals surface area contributed by atoms with Crippen LogP contribution in [0.2, 0.25) is 0 Å². The van der Waals surface area contributed by atoms with Gasteiger partial charge in [0.25, 0.3) is 0 Å². The van der Waals surface area contributed by atoms with Gasteiger partial charge in [-0.25, -0.2) is 8.42 Å². The molecule has 1 atom stereocenters. The number of ether oxygens (including phenoxy) is 1. The van der Waals surface area contributed by atoms with E-state index in [1.807, 2.05) is 38.1 Å². The summed E-state index contributed by atoms with van der Waals surface area (Å²) in [6, 6.07) is 11.4. The summed E-state index contributed by atoms with van der Waals surface area (Å²) in [5.41, 5.74) is 2.14. The molecule has 1 unspecified atom stereocenters. The fraction of sp³-hybridized carbons (Fsp3) is 0.440. The average molecular weight is 488 g/mol. The largest absolute Gasteiger partial charge is 0.491 e. The average Bonchev–Trinajstić information content (AvgIpc) is 3.18. The van der Waals surface area contributed by atoms with E-state index in [4.69, 9.17) is 4.74 Å². The van der Waals surface area contributed by atoms with Gasteiger partial charge in [-0.05, 0) is 55.3 Å². The molecule has 0 saturated heterocycles. The highest BCUT2D eigenvalue weighted by Gasteiger charge is 2.37. The molecule has 0 bridgehead atoms. The molecule has 8 nitrogen and oxygen atoms in total. The Kier molecular flexibility index (Phi) is 7.99. The van der Waals surface area contributed by atoms with E-state index >= 15 is 0 Å². The molecular formula is C25H33N3O5S. The molecule has 1 N–H and O–H groups in total. The van der Waals surface area contributed by atoms with E-state index in [1.54, 1.807) is 26.0 Å². The lowest BCUT2D eigenvalue weighted by atomic mass is 10.1. The summed E-state index contributed by atoms with van der Waals surface area (Å²) < 4.78 is 32.9. The molecule has 2 aromatic rings. The quantitative estimate of drug-likeness (QED) is 0.586. The molecule has 0 aliphatic carbocycles. The van der Waals surface area contributed by atoms with Gasteiger partial charge in [-0.15, -0.1) is 0 Å². The van der Waals surface area contributed by atoms with Gasteiger partial charge in [0.05, 0.1) is 11.0 Å². The van der Waals surface area contributed by atoms with Gasteiger partial charge < -0.3 is 10.1 Å². The van der Waals surface area contributed by atoms with Crippen molar-refractivity contribution in [3.63, 3.8) is 0 Å². The summed E-state index contributed by atoms with van der Waals surface area (Å²) >= 11 is 0. The number of nitrogens with one attached hydrogen (secondary N) is 1. The van der Waals surface area contributed by atoms with E-state index in [0.29, 0.717) is 30.9 Å². The number of carbonyl (C=O) groups is 2. The fourth-order valence-corrected chi connectivity index (χ4v) is 5.67. The highest BCUT2D eigenvalue weighted by atomic mass is 32.2. The topological polar surface area (TPSA) is 96.0 Å². The van der Waals surface area contributed by atoms with Gasteiger partial charge in [0, 0.05) is 38.7 Å². The Morgan fingerprint density at radius 3 is 2.32 bits per heavy atom. The molecule has 0 spiro atoms. The molecule has 2 amide bonds. The number of sulfonamides is 1. The summed E-state index contributed by atoms with van der Waals surface area (Å²) in [6.45, 7) is 9.93. The molecule has 9 heteroatoms. The van der Waals surface area contributed by atoms with Crippen molar-refractivity contribution >= 4 is 27.5 Å². The van der Waals surface area contributed by atoms with Crippen molar-refractivity contribution in [1.82, 2.24) is 9.62 Å². The van der Waals surface area contributed by atoms with Gasteiger partial charge in [-0.1, -0.05) is 26.0 Å². The third-order valence-electron chi connectivity index (χ3n) is 5.78. The molecule has 3 rings (SSSR count). The van der Waals surface area contributed by atoms with Crippen LogP contribution in [-0.4, -0.2) is 49.8 Å². The number of amides is 2. The first kappa shape index (κ1) is 25.7. The van der Waals surface area contributed by atoms with E-state index in [0.717, 1.165) is 11.3 Å². The maximum atomic E-state index is 13.0. The lowest BCUT2D eigenvalue weighted by Crippen LogP contribution is -2.47. The normalized spacial score (nSPS) is 15.5. The molecule has 0 saturated carbocycles. The van der Waals surface area contributed by atoms with Crippen molar-refractivity contribution in [2.45, 2.75) is 64.6 Å². The van der Waals surface area contributed by atoms with Crippen molar-refractivity contribution < 1.29 is 22.7 Å². The molecule has 1 aliphatic heterocycles. The Balaban J connectivity index is 1.76. The zero-order valence-electron chi connectivity index (χ0n) is 20.4. The van der Waals surface area contributed by atoms with Crippen LogP contribution in [0.25, 0.3) is 0 Å². The molecule has 0 fully saturated rings. The third-order valence-corrected chi connectivity index (χ3v) is 7.83. The summed E-state index contributed by atoms with van der Waals surface area (Å²) in [5.74, 6) is 0.199. The first-order valence-corrected chi connectivity index (χ1v) is 13.0. The molecular weight excluding hydrogens is 454 g/mol. The molecule has 0 radical (unpaired) electrons. The van der Waals surface area contributed by atoms with Gasteiger partial charge in [-0.3, -0.25) is 14.5 Å². The van der Waals surface area contributed by atoms with Crippen molar-refractivity contribution in [2.24, 2.45) is 0 Å². The van der Waals surface area contributed by atoms with E-state index in [1.165, 1.54) is 22.2 Å². The predicted octanol–water partition coefficient (Wildman–Crippen LogP) is 3.10. The lowest BCUT2D eigenvalue weighted by Gasteiger charge is -2.23. The lowest BCUT2D eigenvalue weighted by molar-refractivity contribution is -0.125. The first-order valence-electron chi connectivity index (χ1n) is 11.5. The van der Waals surface area contributed by atoms with Crippen LogP contribution in [-0.2, 0) is 32.6 Å². The van der Waals surface area contributed by atoms with Crippen molar-refractivity contribution in [1.29, 1.82) is 0 Å². The van der Waals surface area contributed by atoms with Crippen LogP contribution in [0, 0.1) is 0 Å². The highest BCUT2D eigenvalue weighted by Crippen LogP contribution is 2.35. The number of anilines is 1. The number of carbonyl (C=O) groups excluding carboxylic acids is 2. The number of fused-ring (bicyclic) bond motifs is 1. The van der Waals surface area contributed by atoms with Crippen LogP contribution in [0.5, 0.6) is 5.75 Å². The van der Waals surface area contributed by atoms with Gasteiger partial charge in [0.2, 0.25) is 21.8 Å². The van der Waals surface area contributed by atoms with E-state index in [9.17, 15) is 18.0 Å². The summed E-state index contributed by atoms with van der Waals surface area (Å²) in [4.78, 5) is 27.1. The standard InChI is InChI=1S/C25H33N3O5S/c1-6-27(7-2)34(31,32)22-12-13-23-20(14-22)15-24(28(23)18(5)29)25(30)26-16-19-8-10-21(11-9-19)33-17(3)4/h8-14,17,24H,6-7,15-16H2,1-5H3,(H,26,30). The van der Waals surface area contributed by atoms with Crippen LogP contribution in [0.4, 0.5) is 5.69 Å². The van der Waals surface area contributed by atoms with Gasteiger partial charge in [0.1, 0.15) is 11.8 Å².